The summed E-state index contributed by atoms with van der Waals surface area (Å²) in [5, 5.41) is 6.04. The fraction of sp³-hybridized carbons (Fsp3) is 0.273. The van der Waals surface area contributed by atoms with E-state index in [4.69, 9.17) is 28.6 Å². The van der Waals surface area contributed by atoms with Gasteiger partial charge in [0.25, 0.3) is 0 Å². The van der Waals surface area contributed by atoms with E-state index in [1.807, 2.05) is 13.0 Å². The Labute approximate surface area is 110 Å². The van der Waals surface area contributed by atoms with Gasteiger partial charge in [-0.3, -0.25) is 5.32 Å². The van der Waals surface area contributed by atoms with Crippen LogP contribution in [-0.2, 0) is 4.74 Å². The van der Waals surface area contributed by atoms with E-state index in [-0.39, 0.29) is 5.11 Å². The summed E-state index contributed by atoms with van der Waals surface area (Å²) in [4.78, 5) is 11.1. The third kappa shape index (κ3) is 4.58. The van der Waals surface area contributed by atoms with Crippen LogP contribution in [0.5, 0.6) is 0 Å². The van der Waals surface area contributed by atoms with E-state index < -0.39 is 6.09 Å². The number of carbonyl (C=O) groups is 1. The summed E-state index contributed by atoms with van der Waals surface area (Å²) >= 11 is 10.8. The molecule has 2 N–H and O–H groups in total. The van der Waals surface area contributed by atoms with Crippen molar-refractivity contribution in [3.05, 3.63) is 28.8 Å². The number of hydrogen-bond acceptors (Lipinski definition) is 3. The molecule has 4 nitrogen and oxygen atoms in total. The maximum atomic E-state index is 11.1. The molecule has 6 heteroatoms. The Morgan fingerprint density at radius 1 is 1.53 bits per heavy atom. The summed E-state index contributed by atoms with van der Waals surface area (Å²) < 4.78 is 4.70. The number of halogens is 1. The van der Waals surface area contributed by atoms with Crippen molar-refractivity contribution in [1.29, 1.82) is 0 Å². The van der Waals surface area contributed by atoms with Crippen LogP contribution in [0.4, 0.5) is 10.5 Å². The molecule has 17 heavy (non-hydrogen) atoms. The van der Waals surface area contributed by atoms with Gasteiger partial charge in [0.2, 0.25) is 0 Å². The predicted octanol–water partition coefficient (Wildman–Crippen LogP) is 3.09. The molecule has 0 heterocycles. The molecular weight excluding hydrogens is 260 g/mol. The molecule has 0 fully saturated rings. The SMILES string of the molecule is CCOC(=O)NC(=S)Nc1cc(Cl)ccc1C. The van der Waals surface area contributed by atoms with E-state index in [2.05, 4.69) is 10.6 Å². The highest BCUT2D eigenvalue weighted by atomic mass is 35.5. The Morgan fingerprint density at radius 3 is 2.88 bits per heavy atom. The number of thiocarbonyl (C=S) groups is 1. The Hall–Kier alpha value is -1.33. The lowest BCUT2D eigenvalue weighted by Crippen LogP contribution is -2.34. The third-order valence-corrected chi connectivity index (χ3v) is 2.38. The summed E-state index contributed by atoms with van der Waals surface area (Å²) in [6.45, 7) is 3.92. The fourth-order valence-electron chi connectivity index (χ4n) is 1.14. The molecule has 1 aromatic rings. The Kier molecular flexibility index (Phi) is 5.18. The fourth-order valence-corrected chi connectivity index (χ4v) is 1.51. The van der Waals surface area contributed by atoms with Gasteiger partial charge in [-0.15, -0.1) is 0 Å². The topological polar surface area (TPSA) is 50.4 Å². The minimum absolute atomic E-state index is 0.175. The zero-order valence-corrected chi connectivity index (χ0v) is 11.1. The monoisotopic (exact) mass is 272 g/mol. The number of alkyl carbamates (subject to hydrolysis) is 1. The van der Waals surface area contributed by atoms with Crippen molar-refractivity contribution in [3.8, 4) is 0 Å². The second kappa shape index (κ2) is 6.42. The number of carbonyl (C=O) groups excluding carboxylic acids is 1. The number of hydrogen-bond donors (Lipinski definition) is 2. The molecule has 1 aromatic carbocycles. The molecule has 0 aromatic heterocycles. The Morgan fingerprint density at radius 2 is 2.24 bits per heavy atom. The largest absolute Gasteiger partial charge is 0.450 e. The van der Waals surface area contributed by atoms with Gasteiger partial charge in [0.1, 0.15) is 0 Å². The normalized spacial score (nSPS) is 9.59. The summed E-state index contributed by atoms with van der Waals surface area (Å²) in [5.74, 6) is 0. The zero-order chi connectivity index (χ0) is 12.8. The molecule has 0 saturated carbocycles. The van der Waals surface area contributed by atoms with E-state index in [0.717, 1.165) is 11.3 Å². The molecule has 1 rings (SSSR count). The average Bonchev–Trinajstić information content (AvgIpc) is 2.23. The van der Waals surface area contributed by atoms with E-state index in [1.54, 1.807) is 19.1 Å². The molecule has 0 unspecified atom stereocenters. The van der Waals surface area contributed by atoms with Crippen LogP contribution in [0.25, 0.3) is 0 Å². The second-order valence-corrected chi connectivity index (χ2v) is 4.10. The smallest absolute Gasteiger partial charge is 0.413 e. The molecular formula is C11H13ClN2O2S. The van der Waals surface area contributed by atoms with Gasteiger partial charge in [-0.1, -0.05) is 17.7 Å². The lowest BCUT2D eigenvalue weighted by Gasteiger charge is -2.11. The van der Waals surface area contributed by atoms with Crippen molar-refractivity contribution in [2.75, 3.05) is 11.9 Å². The van der Waals surface area contributed by atoms with Crippen molar-refractivity contribution >= 4 is 40.7 Å². The quantitative estimate of drug-likeness (QED) is 0.813. The zero-order valence-electron chi connectivity index (χ0n) is 9.54. The van der Waals surface area contributed by atoms with Gasteiger partial charge in [-0.05, 0) is 43.8 Å². The van der Waals surface area contributed by atoms with Crippen LogP contribution < -0.4 is 10.6 Å². The first kappa shape index (κ1) is 13.7. The summed E-state index contributed by atoms with van der Waals surface area (Å²) in [5.41, 5.74) is 1.72. The van der Waals surface area contributed by atoms with Gasteiger partial charge in [0, 0.05) is 10.7 Å². The number of benzene rings is 1. The third-order valence-electron chi connectivity index (χ3n) is 1.94. The van der Waals surface area contributed by atoms with Crippen molar-refractivity contribution < 1.29 is 9.53 Å². The number of ether oxygens (including phenoxy) is 1. The number of aryl methyl sites for hydroxylation is 1. The first-order chi connectivity index (χ1) is 8.02. The van der Waals surface area contributed by atoms with Crippen molar-refractivity contribution in [2.24, 2.45) is 0 Å². The molecule has 0 aliphatic heterocycles. The Balaban J connectivity index is 2.62. The molecule has 0 spiro atoms. The number of nitrogens with one attached hydrogen (secondary N) is 2. The van der Waals surface area contributed by atoms with Crippen LogP contribution in [0.3, 0.4) is 0 Å². The van der Waals surface area contributed by atoms with E-state index in [1.165, 1.54) is 0 Å². The molecule has 0 saturated heterocycles. The van der Waals surface area contributed by atoms with Crippen molar-refractivity contribution in [2.45, 2.75) is 13.8 Å². The van der Waals surface area contributed by atoms with Gasteiger partial charge in [0.05, 0.1) is 6.61 Å². The van der Waals surface area contributed by atoms with E-state index >= 15 is 0 Å². The number of anilines is 1. The van der Waals surface area contributed by atoms with Crippen LogP contribution in [0.1, 0.15) is 12.5 Å². The molecule has 1 amide bonds. The minimum Gasteiger partial charge on any atom is -0.450 e. The number of rotatable bonds is 2. The molecule has 0 aliphatic carbocycles. The highest BCUT2D eigenvalue weighted by Crippen LogP contribution is 2.19. The second-order valence-electron chi connectivity index (χ2n) is 3.26. The molecule has 0 radical (unpaired) electrons. The van der Waals surface area contributed by atoms with Gasteiger partial charge >= 0.3 is 6.09 Å². The van der Waals surface area contributed by atoms with E-state index in [9.17, 15) is 4.79 Å². The maximum Gasteiger partial charge on any atom is 0.413 e. The lowest BCUT2D eigenvalue weighted by molar-refractivity contribution is 0.158. The number of amides is 1. The highest BCUT2D eigenvalue weighted by molar-refractivity contribution is 7.80. The Bertz CT molecular complexity index is 437. The van der Waals surface area contributed by atoms with Crippen LogP contribution in [0.2, 0.25) is 5.02 Å². The van der Waals surface area contributed by atoms with Gasteiger partial charge in [0.15, 0.2) is 5.11 Å². The standard InChI is InChI=1S/C11H13ClN2O2S/c1-3-16-11(15)14-10(17)13-9-6-8(12)5-4-7(9)2/h4-6H,3H2,1-2H3,(H2,13,14,15,17). The molecule has 0 bridgehead atoms. The summed E-state index contributed by atoms with van der Waals surface area (Å²) in [6.07, 6.45) is -0.579. The first-order valence-electron chi connectivity index (χ1n) is 5.04. The van der Waals surface area contributed by atoms with Crippen LogP contribution in [0.15, 0.2) is 18.2 Å². The van der Waals surface area contributed by atoms with Crippen LogP contribution in [-0.4, -0.2) is 17.8 Å². The van der Waals surface area contributed by atoms with Crippen molar-refractivity contribution in [3.63, 3.8) is 0 Å². The molecule has 92 valence electrons. The van der Waals surface area contributed by atoms with Gasteiger partial charge < -0.3 is 10.1 Å². The van der Waals surface area contributed by atoms with Crippen LogP contribution >= 0.6 is 23.8 Å². The first-order valence-corrected chi connectivity index (χ1v) is 5.82. The maximum absolute atomic E-state index is 11.1. The minimum atomic E-state index is -0.579. The highest BCUT2D eigenvalue weighted by Gasteiger charge is 2.06. The van der Waals surface area contributed by atoms with Crippen molar-refractivity contribution in [1.82, 2.24) is 5.32 Å². The average molecular weight is 273 g/mol. The summed E-state index contributed by atoms with van der Waals surface area (Å²) in [7, 11) is 0. The summed E-state index contributed by atoms with van der Waals surface area (Å²) in [6, 6.07) is 5.37. The van der Waals surface area contributed by atoms with E-state index in [0.29, 0.717) is 11.6 Å². The van der Waals surface area contributed by atoms with Gasteiger partial charge in [-0.2, -0.15) is 0 Å². The lowest BCUT2D eigenvalue weighted by atomic mass is 10.2. The van der Waals surface area contributed by atoms with Crippen LogP contribution in [0, 0.1) is 6.92 Å². The predicted molar refractivity (Wildman–Crippen MR) is 72.6 cm³/mol. The molecule has 0 atom stereocenters. The van der Waals surface area contributed by atoms with Gasteiger partial charge in [-0.25, -0.2) is 4.79 Å². The molecule has 0 aliphatic rings.